The minimum absolute atomic E-state index is 0.913. The van der Waals surface area contributed by atoms with E-state index in [0.29, 0.717) is 0 Å². The first-order chi connectivity index (χ1) is 26.3. The molecule has 0 atom stereocenters. The summed E-state index contributed by atoms with van der Waals surface area (Å²) in [5.74, 6) is 0. The Bertz CT molecular complexity index is 2860. The number of hydrogen-bond donors (Lipinski definition) is 0. The second kappa shape index (κ2) is 12.9. The van der Waals surface area contributed by atoms with Crippen molar-refractivity contribution in [3.63, 3.8) is 0 Å². The highest BCUT2D eigenvalue weighted by Crippen LogP contribution is 2.42. The van der Waals surface area contributed by atoms with Gasteiger partial charge in [0.1, 0.15) is 11.2 Å². The Morgan fingerprint density at radius 3 is 1.38 bits per heavy atom. The summed E-state index contributed by atoms with van der Waals surface area (Å²) in [6.07, 6.45) is 0. The highest BCUT2D eigenvalue weighted by molar-refractivity contribution is 6.17. The van der Waals surface area contributed by atoms with Gasteiger partial charge in [-0.25, -0.2) is 0 Å². The maximum Gasteiger partial charge on any atom is 0.136 e. The predicted molar refractivity (Wildman–Crippen MR) is 224 cm³/mol. The van der Waals surface area contributed by atoms with E-state index in [1.165, 1.54) is 27.3 Å². The Labute approximate surface area is 308 Å². The zero-order valence-corrected chi connectivity index (χ0v) is 28.9. The van der Waals surface area contributed by atoms with Crippen LogP contribution in [-0.2, 0) is 0 Å². The van der Waals surface area contributed by atoms with Gasteiger partial charge in [-0.15, -0.1) is 0 Å². The Morgan fingerprint density at radius 2 is 0.717 bits per heavy atom. The van der Waals surface area contributed by atoms with E-state index in [1.54, 1.807) is 0 Å². The summed E-state index contributed by atoms with van der Waals surface area (Å²) < 4.78 is 6.24. The molecule has 10 aromatic rings. The lowest BCUT2D eigenvalue weighted by molar-refractivity contribution is 0.669. The molecule has 250 valence electrons. The molecule has 3 nitrogen and oxygen atoms in total. The SMILES string of the molecule is c1ccc(-c2ccc(N(c3ccccc3)c3ccc(N(c4ccccc4)c4ccc5ccc6cc7oc8ccccc8c7cc6c5c4)cc3)cc2)cc1. The van der Waals surface area contributed by atoms with Gasteiger partial charge in [-0.2, -0.15) is 0 Å². The molecule has 0 saturated carbocycles. The molecule has 1 aromatic heterocycles. The van der Waals surface area contributed by atoms with Crippen molar-refractivity contribution in [2.45, 2.75) is 0 Å². The van der Waals surface area contributed by atoms with E-state index < -0.39 is 0 Å². The monoisotopic (exact) mass is 678 g/mol. The quantitative estimate of drug-likeness (QED) is 0.156. The van der Waals surface area contributed by atoms with Crippen LogP contribution in [0.25, 0.3) is 54.6 Å². The highest BCUT2D eigenvalue weighted by atomic mass is 16.3. The first kappa shape index (κ1) is 30.7. The molecule has 0 N–H and O–H groups in total. The van der Waals surface area contributed by atoms with Crippen molar-refractivity contribution in [2.24, 2.45) is 0 Å². The molecule has 0 unspecified atom stereocenters. The third-order valence-electron chi connectivity index (χ3n) is 10.2. The van der Waals surface area contributed by atoms with Crippen LogP contribution in [0.4, 0.5) is 34.1 Å². The molecule has 0 radical (unpaired) electrons. The third-order valence-corrected chi connectivity index (χ3v) is 10.2. The summed E-state index contributed by atoms with van der Waals surface area (Å²) in [4.78, 5) is 4.66. The summed E-state index contributed by atoms with van der Waals surface area (Å²) in [5, 5.41) is 7.06. The largest absolute Gasteiger partial charge is 0.456 e. The smallest absolute Gasteiger partial charge is 0.136 e. The Kier molecular flexibility index (Phi) is 7.47. The Balaban J connectivity index is 1.08. The lowest BCUT2D eigenvalue weighted by Crippen LogP contribution is -2.12. The second-order valence-corrected chi connectivity index (χ2v) is 13.4. The average molecular weight is 679 g/mol. The minimum atomic E-state index is 0.913. The molecule has 0 aliphatic carbocycles. The van der Waals surface area contributed by atoms with Crippen molar-refractivity contribution in [1.82, 2.24) is 0 Å². The van der Waals surface area contributed by atoms with Crippen LogP contribution in [-0.4, -0.2) is 0 Å². The lowest BCUT2D eigenvalue weighted by atomic mass is 9.99. The van der Waals surface area contributed by atoms with Crippen LogP contribution >= 0.6 is 0 Å². The van der Waals surface area contributed by atoms with E-state index in [0.717, 1.165) is 61.4 Å². The molecule has 1 heterocycles. The maximum atomic E-state index is 6.24. The van der Waals surface area contributed by atoms with Crippen LogP contribution in [0.5, 0.6) is 0 Å². The second-order valence-electron chi connectivity index (χ2n) is 13.4. The van der Waals surface area contributed by atoms with Gasteiger partial charge >= 0.3 is 0 Å². The number of furan rings is 1. The van der Waals surface area contributed by atoms with Gasteiger partial charge in [-0.05, 0) is 124 Å². The van der Waals surface area contributed by atoms with Crippen molar-refractivity contribution in [3.8, 4) is 11.1 Å². The van der Waals surface area contributed by atoms with Crippen LogP contribution in [0.15, 0.2) is 211 Å². The van der Waals surface area contributed by atoms with Gasteiger partial charge in [-0.1, -0.05) is 115 Å². The molecule has 0 aliphatic heterocycles. The normalized spacial score (nSPS) is 11.4. The zero-order valence-electron chi connectivity index (χ0n) is 28.9. The number of rotatable bonds is 7. The highest BCUT2D eigenvalue weighted by Gasteiger charge is 2.17. The van der Waals surface area contributed by atoms with Gasteiger partial charge in [0.2, 0.25) is 0 Å². The van der Waals surface area contributed by atoms with Crippen LogP contribution in [0.2, 0.25) is 0 Å². The number of nitrogens with zero attached hydrogens (tertiary/aromatic N) is 2. The van der Waals surface area contributed by atoms with E-state index in [4.69, 9.17) is 4.42 Å². The molecule has 0 fully saturated rings. The summed E-state index contributed by atoms with van der Waals surface area (Å²) in [7, 11) is 0. The molecular formula is C50H34N2O. The molecule has 0 amide bonds. The lowest BCUT2D eigenvalue weighted by Gasteiger charge is -2.28. The van der Waals surface area contributed by atoms with Gasteiger partial charge < -0.3 is 14.2 Å². The first-order valence-corrected chi connectivity index (χ1v) is 18.0. The van der Waals surface area contributed by atoms with Crippen molar-refractivity contribution < 1.29 is 4.42 Å². The van der Waals surface area contributed by atoms with E-state index in [-0.39, 0.29) is 0 Å². The molecule has 10 rings (SSSR count). The summed E-state index contributed by atoms with van der Waals surface area (Å²) in [5.41, 5.74) is 10.8. The number of anilines is 6. The molecule has 53 heavy (non-hydrogen) atoms. The van der Waals surface area contributed by atoms with Crippen molar-refractivity contribution in [2.75, 3.05) is 9.80 Å². The number of benzene rings is 9. The number of para-hydroxylation sites is 3. The van der Waals surface area contributed by atoms with Crippen molar-refractivity contribution >= 4 is 77.6 Å². The summed E-state index contributed by atoms with van der Waals surface area (Å²) in [6.45, 7) is 0. The third kappa shape index (κ3) is 5.56. The Morgan fingerprint density at radius 1 is 0.264 bits per heavy atom. The van der Waals surface area contributed by atoms with Gasteiger partial charge in [0, 0.05) is 44.9 Å². The van der Waals surface area contributed by atoms with E-state index >= 15 is 0 Å². The molecular weight excluding hydrogens is 645 g/mol. The maximum absolute atomic E-state index is 6.24. The molecule has 3 heteroatoms. The fourth-order valence-electron chi connectivity index (χ4n) is 7.63. The van der Waals surface area contributed by atoms with Gasteiger partial charge in [-0.3, -0.25) is 0 Å². The van der Waals surface area contributed by atoms with Gasteiger partial charge in [0.15, 0.2) is 0 Å². The molecule has 9 aromatic carbocycles. The van der Waals surface area contributed by atoms with E-state index in [1.807, 2.05) is 12.1 Å². The fourth-order valence-corrected chi connectivity index (χ4v) is 7.63. The number of hydrogen-bond acceptors (Lipinski definition) is 3. The van der Waals surface area contributed by atoms with Gasteiger partial charge in [0.25, 0.3) is 0 Å². The molecule has 0 saturated heterocycles. The summed E-state index contributed by atoms with van der Waals surface area (Å²) >= 11 is 0. The van der Waals surface area contributed by atoms with E-state index in [9.17, 15) is 0 Å². The average Bonchev–Trinajstić information content (AvgIpc) is 3.60. The predicted octanol–water partition coefficient (Wildman–Crippen LogP) is 14.5. The van der Waals surface area contributed by atoms with Gasteiger partial charge in [0.05, 0.1) is 0 Å². The topological polar surface area (TPSA) is 19.6 Å². The number of fused-ring (bicyclic) bond motifs is 6. The fraction of sp³-hybridized carbons (Fsp3) is 0. The van der Waals surface area contributed by atoms with Crippen molar-refractivity contribution in [3.05, 3.63) is 206 Å². The minimum Gasteiger partial charge on any atom is -0.456 e. The Hall–Kier alpha value is -7.10. The van der Waals surface area contributed by atoms with Crippen LogP contribution in [0.3, 0.4) is 0 Å². The van der Waals surface area contributed by atoms with Crippen molar-refractivity contribution in [1.29, 1.82) is 0 Å². The standard InChI is InChI=1S/C50H34N2O/c1-4-12-35(13-5-1)36-22-25-41(26-23-36)51(39-14-6-2-7-15-39)42-28-30-43(31-29-42)52(40-16-8-3-9-17-40)44-27-24-37-20-21-38-32-50-48(34-47(38)46(37)33-44)45-18-10-11-19-49(45)53-50/h1-34H. The first-order valence-electron chi connectivity index (χ1n) is 18.0. The van der Waals surface area contributed by atoms with Crippen LogP contribution in [0, 0.1) is 0 Å². The molecule has 0 bridgehead atoms. The van der Waals surface area contributed by atoms with Crippen LogP contribution in [0.1, 0.15) is 0 Å². The molecule has 0 aliphatic rings. The van der Waals surface area contributed by atoms with Crippen LogP contribution < -0.4 is 9.80 Å². The zero-order chi connectivity index (χ0) is 35.1. The molecule has 0 spiro atoms. The summed E-state index contributed by atoms with van der Waals surface area (Å²) in [6, 6.07) is 73.4. The van der Waals surface area contributed by atoms with E-state index in [2.05, 4.69) is 204 Å².